The van der Waals surface area contributed by atoms with Gasteiger partial charge in [0.05, 0.1) is 5.92 Å². The highest BCUT2D eigenvalue weighted by Crippen LogP contribution is 2.32. The van der Waals surface area contributed by atoms with Gasteiger partial charge in [0.2, 0.25) is 0 Å². The zero-order valence-electron chi connectivity index (χ0n) is 13.5. The van der Waals surface area contributed by atoms with Crippen molar-refractivity contribution in [1.82, 2.24) is 0 Å². The topological polar surface area (TPSA) is 26.3 Å². The van der Waals surface area contributed by atoms with Gasteiger partial charge in [-0.3, -0.25) is 4.79 Å². The van der Waals surface area contributed by atoms with E-state index in [0.29, 0.717) is 12.5 Å². The van der Waals surface area contributed by atoms with Crippen LogP contribution in [0.5, 0.6) is 0 Å². The zero-order valence-corrected chi connectivity index (χ0v) is 13.5. The smallest absolute Gasteiger partial charge is 0.309 e. The molecule has 0 radical (unpaired) electrons. The van der Waals surface area contributed by atoms with Gasteiger partial charge in [-0.05, 0) is 36.3 Å². The Labute approximate surface area is 138 Å². The van der Waals surface area contributed by atoms with Gasteiger partial charge in [-0.15, -0.1) is 0 Å². The minimum absolute atomic E-state index is 0.0217. The molecular weight excluding hydrogens is 284 g/mol. The molecule has 0 amide bonds. The van der Waals surface area contributed by atoms with E-state index in [2.05, 4.69) is 24.3 Å². The number of hydrogen-bond acceptors (Lipinski definition) is 2. The van der Waals surface area contributed by atoms with Crippen LogP contribution in [0.3, 0.4) is 0 Å². The molecule has 0 aliphatic heterocycles. The molecule has 0 unspecified atom stereocenters. The SMILES string of the molecule is O=C(OCc1ccccc1)[C@H]1CCC[C@H](Cc2ccccc2)C1. The van der Waals surface area contributed by atoms with E-state index in [4.69, 9.17) is 4.74 Å². The van der Waals surface area contributed by atoms with Crippen LogP contribution >= 0.6 is 0 Å². The lowest BCUT2D eigenvalue weighted by Crippen LogP contribution is -2.25. The molecule has 1 aliphatic carbocycles. The first-order valence-electron chi connectivity index (χ1n) is 8.56. The summed E-state index contributed by atoms with van der Waals surface area (Å²) in [5.41, 5.74) is 2.42. The molecular formula is C21H24O2. The molecule has 1 aliphatic rings. The van der Waals surface area contributed by atoms with E-state index in [9.17, 15) is 4.79 Å². The zero-order chi connectivity index (χ0) is 15.9. The maximum Gasteiger partial charge on any atom is 0.309 e. The standard InChI is InChI=1S/C21H24O2/c22-21(23-16-18-10-5-2-6-11-18)20-13-7-12-19(15-20)14-17-8-3-1-4-9-17/h1-6,8-11,19-20H,7,12-16H2/t19-,20+/m1/s1. The number of benzene rings is 2. The van der Waals surface area contributed by atoms with Crippen LogP contribution in [0.25, 0.3) is 0 Å². The van der Waals surface area contributed by atoms with Crippen molar-refractivity contribution < 1.29 is 9.53 Å². The van der Waals surface area contributed by atoms with Crippen molar-refractivity contribution in [2.75, 3.05) is 0 Å². The van der Waals surface area contributed by atoms with Crippen LogP contribution in [0, 0.1) is 11.8 Å². The van der Waals surface area contributed by atoms with E-state index in [1.54, 1.807) is 0 Å². The van der Waals surface area contributed by atoms with Crippen molar-refractivity contribution in [2.45, 2.75) is 38.7 Å². The number of carbonyl (C=O) groups excluding carboxylic acids is 1. The molecule has 1 saturated carbocycles. The second-order valence-electron chi connectivity index (χ2n) is 6.51. The molecule has 2 nitrogen and oxygen atoms in total. The van der Waals surface area contributed by atoms with Gasteiger partial charge in [0.1, 0.15) is 6.61 Å². The van der Waals surface area contributed by atoms with Crippen LogP contribution < -0.4 is 0 Å². The molecule has 0 aromatic heterocycles. The first-order valence-corrected chi connectivity index (χ1v) is 8.56. The Balaban J connectivity index is 1.50. The molecule has 3 rings (SSSR count). The maximum atomic E-state index is 12.3. The van der Waals surface area contributed by atoms with Crippen LogP contribution in [0.4, 0.5) is 0 Å². The number of ether oxygens (including phenoxy) is 1. The first-order chi connectivity index (χ1) is 11.3. The number of hydrogen-bond donors (Lipinski definition) is 0. The Bertz CT molecular complexity index is 606. The summed E-state index contributed by atoms with van der Waals surface area (Å²) in [6.07, 6.45) is 5.35. The Morgan fingerprint density at radius 2 is 1.57 bits per heavy atom. The molecule has 0 spiro atoms. The summed E-state index contributed by atoms with van der Waals surface area (Å²) < 4.78 is 5.53. The van der Waals surface area contributed by atoms with E-state index >= 15 is 0 Å². The van der Waals surface area contributed by atoms with Gasteiger partial charge < -0.3 is 4.74 Å². The van der Waals surface area contributed by atoms with Gasteiger partial charge in [0, 0.05) is 0 Å². The van der Waals surface area contributed by atoms with E-state index in [1.807, 2.05) is 36.4 Å². The normalized spacial score (nSPS) is 20.9. The van der Waals surface area contributed by atoms with Gasteiger partial charge in [0.15, 0.2) is 0 Å². The molecule has 0 N–H and O–H groups in total. The molecule has 23 heavy (non-hydrogen) atoms. The van der Waals surface area contributed by atoms with Gasteiger partial charge in [-0.1, -0.05) is 73.5 Å². The molecule has 2 heteroatoms. The third kappa shape index (κ3) is 4.69. The lowest BCUT2D eigenvalue weighted by molar-refractivity contribution is -0.151. The summed E-state index contributed by atoms with van der Waals surface area (Å²) >= 11 is 0. The van der Waals surface area contributed by atoms with E-state index in [0.717, 1.165) is 31.2 Å². The lowest BCUT2D eigenvalue weighted by atomic mass is 9.78. The Hall–Kier alpha value is -2.09. The molecule has 120 valence electrons. The summed E-state index contributed by atoms with van der Waals surface area (Å²) in [7, 11) is 0. The van der Waals surface area contributed by atoms with Crippen molar-refractivity contribution in [2.24, 2.45) is 11.8 Å². The molecule has 0 bridgehead atoms. The van der Waals surface area contributed by atoms with Crippen molar-refractivity contribution in [3.8, 4) is 0 Å². The van der Waals surface area contributed by atoms with Crippen LogP contribution in [0.2, 0.25) is 0 Å². The Kier molecular flexibility index (Phi) is 5.46. The Morgan fingerprint density at radius 1 is 0.913 bits per heavy atom. The number of esters is 1. The lowest BCUT2D eigenvalue weighted by Gasteiger charge is -2.28. The van der Waals surface area contributed by atoms with Crippen LogP contribution in [0.1, 0.15) is 36.8 Å². The summed E-state index contributed by atoms with van der Waals surface area (Å²) in [5, 5.41) is 0. The fourth-order valence-electron chi connectivity index (χ4n) is 3.48. The summed E-state index contributed by atoms with van der Waals surface area (Å²) in [4.78, 5) is 12.3. The average Bonchev–Trinajstić information content (AvgIpc) is 2.62. The maximum absolute atomic E-state index is 12.3. The first kappa shape index (κ1) is 15.8. The summed E-state index contributed by atoms with van der Waals surface area (Å²) in [6.45, 7) is 0.388. The van der Waals surface area contributed by atoms with Gasteiger partial charge in [-0.25, -0.2) is 0 Å². The van der Waals surface area contributed by atoms with Crippen molar-refractivity contribution in [3.05, 3.63) is 71.8 Å². The summed E-state index contributed by atoms with van der Waals surface area (Å²) in [6, 6.07) is 20.5. The van der Waals surface area contributed by atoms with E-state index in [-0.39, 0.29) is 11.9 Å². The largest absolute Gasteiger partial charge is 0.461 e. The predicted octanol–water partition coefficient (Wildman–Crippen LogP) is 4.78. The van der Waals surface area contributed by atoms with E-state index < -0.39 is 0 Å². The molecule has 2 aromatic carbocycles. The number of carbonyl (C=O) groups is 1. The molecule has 0 heterocycles. The fourth-order valence-corrected chi connectivity index (χ4v) is 3.48. The van der Waals surface area contributed by atoms with Crippen molar-refractivity contribution in [3.63, 3.8) is 0 Å². The average molecular weight is 308 g/mol. The van der Waals surface area contributed by atoms with Gasteiger partial charge in [-0.2, -0.15) is 0 Å². The van der Waals surface area contributed by atoms with E-state index in [1.165, 1.54) is 12.0 Å². The molecule has 1 fully saturated rings. The van der Waals surface area contributed by atoms with Gasteiger partial charge >= 0.3 is 5.97 Å². The monoisotopic (exact) mass is 308 g/mol. The molecule has 0 saturated heterocycles. The Morgan fingerprint density at radius 3 is 2.26 bits per heavy atom. The number of rotatable bonds is 5. The quantitative estimate of drug-likeness (QED) is 0.743. The van der Waals surface area contributed by atoms with Crippen LogP contribution in [0.15, 0.2) is 60.7 Å². The second kappa shape index (κ2) is 7.96. The fraction of sp³-hybridized carbons (Fsp3) is 0.381. The van der Waals surface area contributed by atoms with Crippen LogP contribution in [-0.4, -0.2) is 5.97 Å². The van der Waals surface area contributed by atoms with Crippen molar-refractivity contribution >= 4 is 5.97 Å². The molecule has 2 aromatic rings. The van der Waals surface area contributed by atoms with Crippen LogP contribution in [-0.2, 0) is 22.6 Å². The summed E-state index contributed by atoms with van der Waals surface area (Å²) in [5.74, 6) is 0.646. The minimum Gasteiger partial charge on any atom is -0.461 e. The minimum atomic E-state index is -0.0217. The van der Waals surface area contributed by atoms with Crippen molar-refractivity contribution in [1.29, 1.82) is 0 Å². The highest BCUT2D eigenvalue weighted by atomic mass is 16.5. The highest BCUT2D eigenvalue weighted by molar-refractivity contribution is 5.72. The molecule has 2 atom stereocenters. The highest BCUT2D eigenvalue weighted by Gasteiger charge is 2.28. The second-order valence-corrected chi connectivity index (χ2v) is 6.51. The predicted molar refractivity (Wildman–Crippen MR) is 91.8 cm³/mol. The third-order valence-electron chi connectivity index (χ3n) is 4.71. The van der Waals surface area contributed by atoms with Gasteiger partial charge in [0.25, 0.3) is 0 Å². The third-order valence-corrected chi connectivity index (χ3v) is 4.71.